The topological polar surface area (TPSA) is 86.2 Å². The molecule has 0 spiro atoms. The summed E-state index contributed by atoms with van der Waals surface area (Å²) in [6.07, 6.45) is 0. The van der Waals surface area contributed by atoms with Crippen LogP contribution >= 0.6 is 11.8 Å². The van der Waals surface area contributed by atoms with Gasteiger partial charge in [-0.1, -0.05) is 72.8 Å². The molecule has 6 heteroatoms. The van der Waals surface area contributed by atoms with Crippen LogP contribution in [-0.4, -0.2) is 16.7 Å². The molecule has 0 saturated heterocycles. The molecule has 0 aliphatic rings. The molecule has 0 bridgehead atoms. The number of ketones is 1. The molecule has 0 aliphatic heterocycles. The average Bonchev–Trinajstić information content (AvgIpc) is 2.70. The zero-order valence-electron chi connectivity index (χ0n) is 14.4. The summed E-state index contributed by atoms with van der Waals surface area (Å²) in [5, 5.41) is 11.2. The van der Waals surface area contributed by atoms with Crippen LogP contribution in [0.2, 0.25) is 0 Å². The summed E-state index contributed by atoms with van der Waals surface area (Å²) in [4.78, 5) is 25.1. The van der Waals surface area contributed by atoms with E-state index in [9.17, 15) is 14.9 Å². The predicted octanol–water partition coefficient (Wildman–Crippen LogP) is 4.63. The number of nitro groups is 1. The lowest BCUT2D eigenvalue weighted by molar-refractivity contribution is -0.505. The van der Waals surface area contributed by atoms with Crippen molar-refractivity contribution in [3.8, 4) is 0 Å². The normalized spacial score (nSPS) is 12.9. The lowest BCUT2D eigenvalue weighted by atomic mass is 9.97. The number of benzene rings is 3. The van der Waals surface area contributed by atoms with Gasteiger partial charge in [0.05, 0.1) is 0 Å². The Morgan fingerprint density at radius 1 is 0.889 bits per heavy atom. The van der Waals surface area contributed by atoms with E-state index in [0.29, 0.717) is 21.7 Å². The number of hydrogen-bond donors (Lipinski definition) is 1. The summed E-state index contributed by atoms with van der Waals surface area (Å²) in [5.74, 6) is -0.517. The molecular formula is C21H18N2O3S. The molecule has 136 valence electrons. The summed E-state index contributed by atoms with van der Waals surface area (Å²) in [7, 11) is 0. The van der Waals surface area contributed by atoms with Crippen molar-refractivity contribution in [2.24, 2.45) is 0 Å². The second-order valence-electron chi connectivity index (χ2n) is 5.95. The number of carbonyl (C=O) groups excluding carboxylic acids is 1. The first kappa shape index (κ1) is 18.7. The van der Waals surface area contributed by atoms with Crippen molar-refractivity contribution in [3.63, 3.8) is 0 Å². The molecule has 3 aromatic rings. The summed E-state index contributed by atoms with van der Waals surface area (Å²) in [6.45, 7) is 0. The quantitative estimate of drug-likeness (QED) is 0.213. The number of rotatable bonds is 7. The second kappa shape index (κ2) is 8.51. The van der Waals surface area contributed by atoms with Crippen molar-refractivity contribution >= 4 is 23.2 Å². The molecule has 0 fully saturated rings. The highest BCUT2D eigenvalue weighted by atomic mass is 32.2. The van der Waals surface area contributed by atoms with Crippen LogP contribution < -0.4 is 5.73 Å². The van der Waals surface area contributed by atoms with Crippen molar-refractivity contribution in [2.75, 3.05) is 5.73 Å². The maximum absolute atomic E-state index is 13.0. The SMILES string of the molecule is Nc1ccccc1SC(c1ccccc1)C(C(=O)c1ccccc1)[N+](=O)[O-]. The van der Waals surface area contributed by atoms with Crippen LogP contribution in [0.5, 0.6) is 0 Å². The van der Waals surface area contributed by atoms with Crippen LogP contribution in [0.3, 0.4) is 0 Å². The Bertz CT molecular complexity index is 932. The molecule has 0 heterocycles. The first-order valence-electron chi connectivity index (χ1n) is 8.37. The number of thioether (sulfide) groups is 1. The van der Waals surface area contributed by atoms with Gasteiger partial charge in [-0.3, -0.25) is 14.9 Å². The predicted molar refractivity (Wildman–Crippen MR) is 107 cm³/mol. The number of nitrogens with two attached hydrogens (primary N) is 1. The molecule has 0 saturated carbocycles. The average molecular weight is 378 g/mol. The van der Waals surface area contributed by atoms with Crippen LogP contribution in [0.15, 0.2) is 89.8 Å². The zero-order chi connectivity index (χ0) is 19.2. The highest BCUT2D eigenvalue weighted by Gasteiger charge is 2.41. The van der Waals surface area contributed by atoms with E-state index in [4.69, 9.17) is 5.73 Å². The van der Waals surface area contributed by atoms with E-state index in [1.807, 2.05) is 12.1 Å². The van der Waals surface area contributed by atoms with Gasteiger partial charge in [-0.25, -0.2) is 0 Å². The Hall–Kier alpha value is -3.12. The van der Waals surface area contributed by atoms with E-state index in [0.717, 1.165) is 0 Å². The van der Waals surface area contributed by atoms with E-state index in [2.05, 4.69) is 0 Å². The molecule has 2 atom stereocenters. The molecule has 2 unspecified atom stereocenters. The first-order valence-corrected chi connectivity index (χ1v) is 9.25. The van der Waals surface area contributed by atoms with E-state index in [1.54, 1.807) is 72.8 Å². The van der Waals surface area contributed by atoms with Gasteiger partial charge in [-0.2, -0.15) is 0 Å². The van der Waals surface area contributed by atoms with Crippen molar-refractivity contribution in [1.29, 1.82) is 0 Å². The maximum Gasteiger partial charge on any atom is 0.290 e. The highest BCUT2D eigenvalue weighted by Crippen LogP contribution is 2.41. The summed E-state index contributed by atoms with van der Waals surface area (Å²) < 4.78 is 0. The van der Waals surface area contributed by atoms with E-state index in [1.165, 1.54) is 11.8 Å². The molecule has 3 rings (SSSR count). The van der Waals surface area contributed by atoms with Gasteiger partial charge in [0.25, 0.3) is 6.04 Å². The van der Waals surface area contributed by atoms with Crippen molar-refractivity contribution < 1.29 is 9.72 Å². The van der Waals surface area contributed by atoms with Gasteiger partial charge >= 0.3 is 0 Å². The minimum absolute atomic E-state index is 0.321. The number of nitrogen functional groups attached to an aromatic ring is 1. The second-order valence-corrected chi connectivity index (χ2v) is 7.13. The van der Waals surface area contributed by atoms with Crippen LogP contribution in [0.1, 0.15) is 21.2 Å². The molecule has 0 amide bonds. The lowest BCUT2D eigenvalue weighted by Gasteiger charge is -2.21. The molecule has 3 aromatic carbocycles. The fraction of sp³-hybridized carbons (Fsp3) is 0.0952. The number of nitrogens with zero attached hydrogens (tertiary/aromatic N) is 1. The number of carbonyl (C=O) groups is 1. The highest BCUT2D eigenvalue weighted by molar-refractivity contribution is 7.99. The summed E-state index contributed by atoms with van der Waals surface area (Å²) >= 11 is 1.24. The minimum Gasteiger partial charge on any atom is -0.398 e. The van der Waals surface area contributed by atoms with Crippen LogP contribution in [-0.2, 0) is 0 Å². The van der Waals surface area contributed by atoms with Crippen molar-refractivity contribution in [2.45, 2.75) is 16.2 Å². The monoisotopic (exact) mass is 378 g/mol. The number of anilines is 1. The summed E-state index contributed by atoms with van der Waals surface area (Å²) in [5.41, 5.74) is 7.59. The van der Waals surface area contributed by atoms with E-state index < -0.39 is 22.0 Å². The molecule has 27 heavy (non-hydrogen) atoms. The summed E-state index contributed by atoms with van der Waals surface area (Å²) in [6, 6.07) is 23.1. The van der Waals surface area contributed by atoms with Gasteiger partial charge in [-0.15, -0.1) is 11.8 Å². The van der Waals surface area contributed by atoms with Crippen LogP contribution in [0.25, 0.3) is 0 Å². The van der Waals surface area contributed by atoms with E-state index >= 15 is 0 Å². The third kappa shape index (κ3) is 4.35. The van der Waals surface area contributed by atoms with Gasteiger partial charge in [0, 0.05) is 21.1 Å². The zero-order valence-corrected chi connectivity index (χ0v) is 15.2. The smallest absolute Gasteiger partial charge is 0.290 e. The van der Waals surface area contributed by atoms with Gasteiger partial charge in [0.2, 0.25) is 5.78 Å². The van der Waals surface area contributed by atoms with Gasteiger partial charge in [0.15, 0.2) is 0 Å². The van der Waals surface area contributed by atoms with Gasteiger partial charge in [-0.05, 0) is 17.7 Å². The van der Waals surface area contributed by atoms with Gasteiger partial charge in [0.1, 0.15) is 5.25 Å². The fourth-order valence-electron chi connectivity index (χ4n) is 2.80. The Morgan fingerprint density at radius 2 is 1.44 bits per heavy atom. The molecule has 5 nitrogen and oxygen atoms in total. The van der Waals surface area contributed by atoms with Gasteiger partial charge < -0.3 is 5.73 Å². The molecule has 0 radical (unpaired) electrons. The maximum atomic E-state index is 13.0. The Balaban J connectivity index is 2.05. The standard InChI is InChI=1S/C21H18N2O3S/c22-17-13-7-8-14-18(17)27-21(16-11-5-2-6-12-16)19(23(25)26)20(24)15-9-3-1-4-10-15/h1-14,19,21H,22H2. The van der Waals surface area contributed by atoms with E-state index in [-0.39, 0.29) is 0 Å². The molecule has 0 aromatic heterocycles. The number of Topliss-reactive ketones (excluding diaryl/α,β-unsaturated/α-hetero) is 1. The van der Waals surface area contributed by atoms with Crippen molar-refractivity contribution in [3.05, 3.63) is 106 Å². The largest absolute Gasteiger partial charge is 0.398 e. The minimum atomic E-state index is -1.43. The fourth-order valence-corrected chi connectivity index (χ4v) is 4.08. The van der Waals surface area contributed by atoms with Crippen LogP contribution in [0, 0.1) is 10.1 Å². The van der Waals surface area contributed by atoms with Crippen molar-refractivity contribution in [1.82, 2.24) is 0 Å². The Labute approximate surface area is 161 Å². The molecule has 2 N–H and O–H groups in total. The number of para-hydroxylation sites is 1. The third-order valence-electron chi connectivity index (χ3n) is 4.14. The first-order chi connectivity index (χ1) is 13.1. The third-order valence-corrected chi connectivity index (χ3v) is 5.55. The lowest BCUT2D eigenvalue weighted by Crippen LogP contribution is -2.34. The Morgan fingerprint density at radius 3 is 2.04 bits per heavy atom. The molecular weight excluding hydrogens is 360 g/mol. The molecule has 0 aliphatic carbocycles. The number of hydrogen-bond acceptors (Lipinski definition) is 5. The Kier molecular flexibility index (Phi) is 5.88. The van der Waals surface area contributed by atoms with Crippen LogP contribution in [0.4, 0.5) is 5.69 Å².